The number of methoxy groups -OCH3 is 1. The van der Waals surface area contributed by atoms with Crippen LogP contribution in [0.4, 0.5) is 8.78 Å². The number of allylic oxidation sites excluding steroid dienone is 9. The Morgan fingerprint density at radius 2 is 1.81 bits per heavy atom. The lowest BCUT2D eigenvalue weighted by Crippen LogP contribution is -2.27. The summed E-state index contributed by atoms with van der Waals surface area (Å²) in [5.74, 6) is -0.416. The van der Waals surface area contributed by atoms with Crippen molar-refractivity contribution < 1.29 is 23.0 Å². The minimum Gasteiger partial charge on any atom is -0.498 e. The fraction of sp³-hybridized carbons (Fsp3) is 0.615. The predicted octanol–water partition coefficient (Wildman–Crippen LogP) is 7.88. The summed E-state index contributed by atoms with van der Waals surface area (Å²) < 4.78 is 44.9. The van der Waals surface area contributed by atoms with Gasteiger partial charge in [0.25, 0.3) is 0 Å². The smallest absolute Gasteiger partial charge is 0.196 e. The molecule has 5 heteroatoms. The summed E-state index contributed by atoms with van der Waals surface area (Å²) in [6.45, 7) is 11.4. The van der Waals surface area contributed by atoms with Gasteiger partial charge >= 0.3 is 0 Å². The summed E-state index contributed by atoms with van der Waals surface area (Å²) in [5.41, 5.74) is 1.09. The quantitative estimate of drug-likeness (QED) is 0.219. The van der Waals surface area contributed by atoms with Crippen LogP contribution in [0, 0.1) is 5.92 Å². The van der Waals surface area contributed by atoms with Crippen molar-refractivity contribution in [3.05, 3.63) is 58.6 Å². The molecule has 0 spiro atoms. The summed E-state index contributed by atoms with van der Waals surface area (Å²) in [6, 6.07) is 0. The molecular weight excluding hydrogens is 398 g/mol. The van der Waals surface area contributed by atoms with Crippen molar-refractivity contribution in [1.82, 2.24) is 0 Å². The van der Waals surface area contributed by atoms with Gasteiger partial charge in [0.1, 0.15) is 5.76 Å². The number of hydrogen-bond donors (Lipinski definition) is 0. The summed E-state index contributed by atoms with van der Waals surface area (Å²) in [5, 5.41) is 0. The van der Waals surface area contributed by atoms with Gasteiger partial charge in [-0.15, -0.1) is 0 Å². The van der Waals surface area contributed by atoms with E-state index >= 15 is 0 Å². The first kappa shape index (κ1) is 27.2. The molecule has 31 heavy (non-hydrogen) atoms. The Morgan fingerprint density at radius 3 is 2.35 bits per heavy atom. The largest absolute Gasteiger partial charge is 0.498 e. The number of hydrogen-bond acceptors (Lipinski definition) is 3. The SMILES string of the molecule is C/C=C/C1CCC(CO/C(=C/C=C(\C)C2=C(F)C(F)=C(OC)CC2)CC)CO1.CCC. The molecule has 0 bridgehead atoms. The van der Waals surface area contributed by atoms with Gasteiger partial charge in [0.05, 0.1) is 32.2 Å². The lowest BCUT2D eigenvalue weighted by molar-refractivity contribution is -0.0126. The Hall–Kier alpha value is -1.88. The Labute approximate surface area is 187 Å². The molecule has 1 aliphatic heterocycles. The third-order valence-electron chi connectivity index (χ3n) is 5.21. The van der Waals surface area contributed by atoms with Gasteiger partial charge < -0.3 is 14.2 Å². The van der Waals surface area contributed by atoms with E-state index in [0.717, 1.165) is 25.0 Å². The number of rotatable bonds is 8. The molecule has 1 aliphatic carbocycles. The molecule has 0 aromatic heterocycles. The first-order chi connectivity index (χ1) is 14.9. The van der Waals surface area contributed by atoms with Crippen molar-refractivity contribution >= 4 is 0 Å². The van der Waals surface area contributed by atoms with Gasteiger partial charge in [-0.05, 0) is 50.3 Å². The Bertz CT molecular complexity index is 693. The molecule has 1 fully saturated rings. The van der Waals surface area contributed by atoms with Crippen LogP contribution in [0.15, 0.2) is 58.6 Å². The Kier molecular flexibility index (Phi) is 13.1. The molecule has 0 radical (unpaired) electrons. The second-order valence-electron chi connectivity index (χ2n) is 7.93. The average Bonchev–Trinajstić information content (AvgIpc) is 2.77. The molecule has 1 saturated heterocycles. The Morgan fingerprint density at radius 1 is 1.10 bits per heavy atom. The van der Waals surface area contributed by atoms with E-state index in [1.54, 1.807) is 13.0 Å². The molecule has 1 heterocycles. The molecule has 2 aliphatic rings. The molecule has 0 aromatic rings. The van der Waals surface area contributed by atoms with E-state index in [2.05, 4.69) is 19.9 Å². The lowest BCUT2D eigenvalue weighted by Gasteiger charge is -2.27. The van der Waals surface area contributed by atoms with Crippen LogP contribution in [0.1, 0.15) is 73.1 Å². The molecule has 0 saturated carbocycles. The first-order valence-electron chi connectivity index (χ1n) is 11.5. The highest BCUT2D eigenvalue weighted by atomic mass is 19.2. The molecule has 0 amide bonds. The molecule has 2 atom stereocenters. The second-order valence-corrected chi connectivity index (χ2v) is 7.93. The monoisotopic (exact) mass is 438 g/mol. The standard InChI is InChI=1S/C23H32F2O3.C3H8/c1-5-7-19-11-9-17(15-28-19)14-27-18(6-2)10-8-16(3)20-12-13-21(26-4)23(25)22(20)24;1-3-2/h5,7-8,10,17,19H,6,9,11-15H2,1-4H3;3H2,1-2H3/b7-5+,16-8+,18-10+;. The van der Waals surface area contributed by atoms with Gasteiger partial charge in [-0.3, -0.25) is 0 Å². The van der Waals surface area contributed by atoms with Crippen molar-refractivity contribution in [1.29, 1.82) is 0 Å². The van der Waals surface area contributed by atoms with Crippen molar-refractivity contribution in [2.45, 2.75) is 79.2 Å². The van der Waals surface area contributed by atoms with Crippen LogP contribution >= 0.6 is 0 Å². The van der Waals surface area contributed by atoms with Crippen molar-refractivity contribution in [2.75, 3.05) is 20.3 Å². The van der Waals surface area contributed by atoms with Crippen LogP contribution < -0.4 is 0 Å². The fourth-order valence-electron chi connectivity index (χ4n) is 3.41. The van der Waals surface area contributed by atoms with Gasteiger partial charge in [0, 0.05) is 18.8 Å². The van der Waals surface area contributed by atoms with Crippen molar-refractivity contribution in [3.63, 3.8) is 0 Å². The molecule has 3 nitrogen and oxygen atoms in total. The maximum atomic E-state index is 14.3. The second kappa shape index (κ2) is 15.0. The summed E-state index contributed by atoms with van der Waals surface area (Å²) in [6.07, 6.45) is 12.9. The highest BCUT2D eigenvalue weighted by Gasteiger charge is 2.24. The van der Waals surface area contributed by atoms with Crippen LogP contribution in [0.5, 0.6) is 0 Å². The number of halogens is 2. The lowest BCUT2D eigenvalue weighted by atomic mass is 9.95. The topological polar surface area (TPSA) is 27.7 Å². The molecule has 176 valence electrons. The molecule has 0 N–H and O–H groups in total. The average molecular weight is 439 g/mol. The van der Waals surface area contributed by atoms with E-state index in [9.17, 15) is 8.78 Å². The minimum atomic E-state index is -0.888. The predicted molar refractivity (Wildman–Crippen MR) is 124 cm³/mol. The van der Waals surface area contributed by atoms with Gasteiger partial charge in [0.15, 0.2) is 11.7 Å². The van der Waals surface area contributed by atoms with E-state index in [4.69, 9.17) is 14.2 Å². The maximum Gasteiger partial charge on any atom is 0.196 e. The maximum absolute atomic E-state index is 14.3. The minimum absolute atomic E-state index is 0.0774. The normalized spacial score (nSPS) is 23.1. The molecule has 0 aromatic carbocycles. The zero-order chi connectivity index (χ0) is 23.2. The first-order valence-corrected chi connectivity index (χ1v) is 11.5. The summed E-state index contributed by atoms with van der Waals surface area (Å²) >= 11 is 0. The van der Waals surface area contributed by atoms with Crippen LogP contribution in [-0.4, -0.2) is 26.4 Å². The molecular formula is C26H40F2O3. The van der Waals surface area contributed by atoms with Crippen molar-refractivity contribution in [3.8, 4) is 0 Å². The van der Waals surface area contributed by atoms with Crippen LogP contribution in [0.25, 0.3) is 0 Å². The van der Waals surface area contributed by atoms with E-state index in [-0.39, 0.29) is 11.9 Å². The zero-order valence-corrected chi connectivity index (χ0v) is 20.1. The summed E-state index contributed by atoms with van der Waals surface area (Å²) in [7, 11) is 1.36. The summed E-state index contributed by atoms with van der Waals surface area (Å²) in [4.78, 5) is 0. The van der Waals surface area contributed by atoms with Crippen LogP contribution in [0.3, 0.4) is 0 Å². The molecule has 2 rings (SSSR count). The Balaban J connectivity index is 0.00000151. The van der Waals surface area contributed by atoms with E-state index < -0.39 is 11.7 Å². The van der Waals surface area contributed by atoms with E-state index in [1.165, 1.54) is 13.5 Å². The van der Waals surface area contributed by atoms with Crippen LogP contribution in [-0.2, 0) is 14.2 Å². The van der Waals surface area contributed by atoms with Crippen LogP contribution in [0.2, 0.25) is 0 Å². The van der Waals surface area contributed by atoms with Gasteiger partial charge in [0.2, 0.25) is 0 Å². The third-order valence-corrected chi connectivity index (χ3v) is 5.21. The van der Waals surface area contributed by atoms with Gasteiger partial charge in [-0.25, -0.2) is 8.78 Å². The van der Waals surface area contributed by atoms with E-state index in [0.29, 0.717) is 43.1 Å². The fourth-order valence-corrected chi connectivity index (χ4v) is 3.41. The number of ether oxygens (including phenoxy) is 3. The zero-order valence-electron chi connectivity index (χ0n) is 20.1. The van der Waals surface area contributed by atoms with Gasteiger partial charge in [-0.2, -0.15) is 0 Å². The van der Waals surface area contributed by atoms with E-state index in [1.807, 2.05) is 26.0 Å². The van der Waals surface area contributed by atoms with Gasteiger partial charge in [-0.1, -0.05) is 45.4 Å². The van der Waals surface area contributed by atoms with Crippen molar-refractivity contribution in [2.24, 2.45) is 5.92 Å². The highest BCUT2D eigenvalue weighted by molar-refractivity contribution is 5.43. The highest BCUT2D eigenvalue weighted by Crippen LogP contribution is 2.35. The third kappa shape index (κ3) is 9.02. The molecule has 2 unspecified atom stereocenters.